The van der Waals surface area contributed by atoms with Gasteiger partial charge in [-0.3, -0.25) is 14.8 Å². The van der Waals surface area contributed by atoms with E-state index >= 15 is 0 Å². The Labute approximate surface area is 172 Å². The van der Waals surface area contributed by atoms with Gasteiger partial charge in [0, 0.05) is 26.0 Å². The molecule has 6 nitrogen and oxygen atoms in total. The van der Waals surface area contributed by atoms with Crippen molar-refractivity contribution in [3.05, 3.63) is 65.4 Å². The Balaban J connectivity index is 2.30. The van der Waals surface area contributed by atoms with Gasteiger partial charge in [0.2, 0.25) is 0 Å². The van der Waals surface area contributed by atoms with Gasteiger partial charge in [-0.2, -0.15) is 13.2 Å². The number of aliphatic imine (C=N–C) groups is 2. The van der Waals surface area contributed by atoms with Crippen LogP contribution in [0.4, 0.5) is 18.9 Å². The molecule has 158 valence electrons. The molecule has 30 heavy (non-hydrogen) atoms. The third kappa shape index (κ3) is 5.69. The molecule has 1 amide bonds. The molecule has 3 N–H and O–H groups in total. The number of nitrogens with two attached hydrogens (primary N) is 1. The average molecular weight is 418 g/mol. The van der Waals surface area contributed by atoms with E-state index in [2.05, 4.69) is 15.3 Å². The van der Waals surface area contributed by atoms with Crippen LogP contribution in [0.1, 0.15) is 12.5 Å². The summed E-state index contributed by atoms with van der Waals surface area (Å²) < 4.78 is 44.6. The highest BCUT2D eigenvalue weighted by Crippen LogP contribution is 2.30. The Morgan fingerprint density at radius 3 is 2.30 bits per heavy atom. The highest BCUT2D eigenvalue weighted by atomic mass is 19.4. The maximum Gasteiger partial charge on any atom is 0.431 e. The number of anilines is 1. The molecule has 0 aliphatic carbocycles. The van der Waals surface area contributed by atoms with Crippen LogP contribution in [-0.4, -0.2) is 38.1 Å². The zero-order valence-corrected chi connectivity index (χ0v) is 16.6. The monoisotopic (exact) mass is 418 g/mol. The number of allylic oxidation sites excluding steroid dienone is 1. The number of carbonyl (C=O) groups excluding carboxylic acids is 1. The number of hydrogen-bond donors (Lipinski definition) is 2. The molecule has 0 aromatic heterocycles. The number of para-hydroxylation sites is 2. The van der Waals surface area contributed by atoms with Crippen molar-refractivity contribution < 1.29 is 22.7 Å². The molecule has 0 fully saturated rings. The molecule has 2 aromatic rings. The van der Waals surface area contributed by atoms with Gasteiger partial charge in [0.05, 0.1) is 11.3 Å². The van der Waals surface area contributed by atoms with E-state index in [1.54, 1.807) is 37.4 Å². The Morgan fingerprint density at radius 1 is 1.10 bits per heavy atom. The summed E-state index contributed by atoms with van der Waals surface area (Å²) in [6.07, 6.45) is -4.11. The van der Waals surface area contributed by atoms with Crippen molar-refractivity contribution in [3.63, 3.8) is 0 Å². The second-order valence-electron chi connectivity index (χ2n) is 6.10. The number of benzene rings is 2. The lowest BCUT2D eigenvalue weighted by Gasteiger charge is -2.14. The Morgan fingerprint density at radius 2 is 1.73 bits per heavy atom. The topological polar surface area (TPSA) is 89.1 Å². The summed E-state index contributed by atoms with van der Waals surface area (Å²) >= 11 is 0. The van der Waals surface area contributed by atoms with Crippen LogP contribution < -0.4 is 15.8 Å². The third-order valence-electron chi connectivity index (χ3n) is 4.07. The van der Waals surface area contributed by atoms with Crippen LogP contribution in [0.25, 0.3) is 0 Å². The zero-order chi connectivity index (χ0) is 22.3. The van der Waals surface area contributed by atoms with E-state index < -0.39 is 23.4 Å². The van der Waals surface area contributed by atoms with Crippen LogP contribution >= 0.6 is 0 Å². The fourth-order valence-corrected chi connectivity index (χ4v) is 2.40. The van der Waals surface area contributed by atoms with E-state index in [-0.39, 0.29) is 11.4 Å². The first kappa shape index (κ1) is 22.7. The van der Waals surface area contributed by atoms with Gasteiger partial charge in [0.1, 0.15) is 11.4 Å². The first-order valence-corrected chi connectivity index (χ1v) is 8.78. The van der Waals surface area contributed by atoms with Crippen LogP contribution in [0.15, 0.2) is 69.8 Å². The summed E-state index contributed by atoms with van der Waals surface area (Å²) in [5.41, 5.74) is 4.73. The molecule has 2 aromatic carbocycles. The minimum Gasteiger partial charge on any atom is -0.455 e. The highest BCUT2D eigenvalue weighted by molar-refractivity contribution is 6.18. The Hall–Kier alpha value is -3.62. The third-order valence-corrected chi connectivity index (χ3v) is 4.07. The summed E-state index contributed by atoms with van der Waals surface area (Å²) in [5, 5.41) is 2.40. The minimum atomic E-state index is -4.87. The van der Waals surface area contributed by atoms with Crippen LogP contribution in [0.2, 0.25) is 0 Å². The number of carbonyl (C=O) groups is 1. The second kappa shape index (κ2) is 9.73. The summed E-state index contributed by atoms with van der Waals surface area (Å²) in [7, 11) is 2.93. The average Bonchev–Trinajstić information content (AvgIpc) is 2.72. The summed E-state index contributed by atoms with van der Waals surface area (Å²) in [6.45, 7) is 1.87. The van der Waals surface area contributed by atoms with E-state index in [0.717, 1.165) is 17.5 Å². The molecule has 0 heterocycles. The summed E-state index contributed by atoms with van der Waals surface area (Å²) in [4.78, 5) is 20.0. The number of hydrogen-bond acceptors (Lipinski definition) is 5. The molecule has 0 spiro atoms. The minimum absolute atomic E-state index is 0.176. The second-order valence-corrected chi connectivity index (χ2v) is 6.10. The van der Waals surface area contributed by atoms with E-state index in [4.69, 9.17) is 10.5 Å². The Bertz CT molecular complexity index is 994. The lowest BCUT2D eigenvalue weighted by molar-refractivity contribution is -0.114. The largest absolute Gasteiger partial charge is 0.455 e. The first-order chi connectivity index (χ1) is 14.2. The summed E-state index contributed by atoms with van der Waals surface area (Å²) in [5.74, 6) is -0.334. The molecule has 0 bridgehead atoms. The number of alkyl halides is 3. The number of nitrogens with one attached hydrogen (secondary N) is 1. The molecule has 0 aliphatic heterocycles. The van der Waals surface area contributed by atoms with E-state index in [1.807, 2.05) is 19.1 Å². The van der Waals surface area contributed by atoms with Gasteiger partial charge in [0.25, 0.3) is 5.91 Å². The predicted molar refractivity (Wildman–Crippen MR) is 111 cm³/mol. The number of ether oxygens (including phenoxy) is 1. The maximum absolute atomic E-state index is 12.9. The van der Waals surface area contributed by atoms with Crippen molar-refractivity contribution in [1.82, 2.24) is 0 Å². The number of rotatable bonds is 6. The van der Waals surface area contributed by atoms with Crippen molar-refractivity contribution in [3.8, 4) is 11.5 Å². The van der Waals surface area contributed by atoms with E-state index in [0.29, 0.717) is 5.75 Å². The van der Waals surface area contributed by atoms with Crippen LogP contribution in [0.3, 0.4) is 0 Å². The maximum atomic E-state index is 12.9. The summed E-state index contributed by atoms with van der Waals surface area (Å²) in [6, 6.07) is 13.4. The fourth-order valence-electron chi connectivity index (χ4n) is 2.40. The van der Waals surface area contributed by atoms with Crippen molar-refractivity contribution in [2.75, 3.05) is 19.4 Å². The fraction of sp³-hybridized carbons (Fsp3) is 0.190. The van der Waals surface area contributed by atoms with Crippen molar-refractivity contribution in [2.24, 2.45) is 15.7 Å². The van der Waals surface area contributed by atoms with Crippen molar-refractivity contribution in [1.29, 1.82) is 0 Å². The molecular formula is C21H21F3N4O2. The lowest BCUT2D eigenvalue weighted by atomic mass is 10.1. The molecule has 0 saturated heterocycles. The smallest absolute Gasteiger partial charge is 0.431 e. The van der Waals surface area contributed by atoms with Crippen LogP contribution in [0.5, 0.6) is 11.5 Å². The van der Waals surface area contributed by atoms with Gasteiger partial charge in [0.15, 0.2) is 5.75 Å². The van der Waals surface area contributed by atoms with E-state index in [1.165, 1.54) is 13.1 Å². The van der Waals surface area contributed by atoms with Crippen molar-refractivity contribution in [2.45, 2.75) is 13.1 Å². The van der Waals surface area contributed by atoms with Gasteiger partial charge in [-0.05, 0) is 48.9 Å². The molecule has 0 atom stereocenters. The number of nitrogens with zero attached hydrogens (tertiary/aromatic N) is 2. The van der Waals surface area contributed by atoms with Crippen molar-refractivity contribution >= 4 is 23.5 Å². The molecule has 2 rings (SSSR count). The SMILES string of the molecule is CN=CC(C(=O)Nc1ccccc1Oc1ccc(C(C)=NC)cc1)=C(N)C(F)(F)F. The predicted octanol–water partition coefficient (Wildman–Crippen LogP) is 4.33. The Kier molecular flexibility index (Phi) is 7.35. The molecule has 9 heteroatoms. The number of amides is 1. The molecule has 0 unspecified atom stereocenters. The molecular weight excluding hydrogens is 397 g/mol. The lowest BCUT2D eigenvalue weighted by Crippen LogP contribution is -2.28. The molecule has 0 saturated carbocycles. The molecule has 0 aliphatic rings. The standard InChI is InChI=1S/C21H21F3N4O2/c1-13(27-3)14-8-10-15(11-9-14)30-18-7-5-4-6-17(18)28-20(29)16(12-26-2)19(25)21(22,23)24/h4-12H,25H2,1-3H3,(H,28,29). The van der Waals surface area contributed by atoms with Gasteiger partial charge in [-0.25, -0.2) is 0 Å². The van der Waals surface area contributed by atoms with Gasteiger partial charge in [-0.15, -0.1) is 0 Å². The van der Waals surface area contributed by atoms with Gasteiger partial charge >= 0.3 is 6.18 Å². The van der Waals surface area contributed by atoms with Crippen LogP contribution in [-0.2, 0) is 4.79 Å². The van der Waals surface area contributed by atoms with Gasteiger partial charge < -0.3 is 15.8 Å². The first-order valence-electron chi connectivity index (χ1n) is 8.78. The van der Waals surface area contributed by atoms with E-state index in [9.17, 15) is 18.0 Å². The number of halogens is 3. The van der Waals surface area contributed by atoms with Gasteiger partial charge in [-0.1, -0.05) is 12.1 Å². The van der Waals surface area contributed by atoms with Crippen LogP contribution in [0, 0.1) is 0 Å². The quantitative estimate of drug-likeness (QED) is 0.541. The normalized spacial score (nSPS) is 13.2. The molecule has 0 radical (unpaired) electrons. The zero-order valence-electron chi connectivity index (χ0n) is 16.6. The highest BCUT2D eigenvalue weighted by Gasteiger charge is 2.35.